The molecule has 0 spiro atoms. The van der Waals surface area contributed by atoms with Crippen molar-refractivity contribution in [3.63, 3.8) is 0 Å². The fourth-order valence-electron chi connectivity index (χ4n) is 3.86. The molecule has 1 unspecified atom stereocenters. The van der Waals surface area contributed by atoms with E-state index >= 15 is 0 Å². The molecule has 1 aromatic carbocycles. The molecule has 1 aliphatic carbocycles. The van der Waals surface area contributed by atoms with Gasteiger partial charge >= 0.3 is 0 Å². The zero-order chi connectivity index (χ0) is 13.3. The molecule has 2 heteroatoms. The van der Waals surface area contributed by atoms with Crippen LogP contribution < -0.4 is 5.32 Å². The van der Waals surface area contributed by atoms with Crippen molar-refractivity contribution in [2.45, 2.75) is 57.1 Å². The number of hydrogen-bond acceptors (Lipinski definition) is 2. The van der Waals surface area contributed by atoms with Gasteiger partial charge in [0.2, 0.25) is 0 Å². The molecule has 1 aromatic rings. The lowest BCUT2D eigenvalue weighted by molar-refractivity contribution is -0.0444. The van der Waals surface area contributed by atoms with E-state index in [1.807, 2.05) is 0 Å². The van der Waals surface area contributed by atoms with Gasteiger partial charge in [0.25, 0.3) is 0 Å². The van der Waals surface area contributed by atoms with E-state index in [1.165, 1.54) is 30.4 Å². The molecule has 1 aliphatic heterocycles. The van der Waals surface area contributed by atoms with Gasteiger partial charge in [-0.2, -0.15) is 0 Å². The number of rotatable bonds is 2. The number of hydrogen-bond donors (Lipinski definition) is 2. The van der Waals surface area contributed by atoms with E-state index in [2.05, 4.69) is 36.5 Å². The first-order valence-electron chi connectivity index (χ1n) is 7.76. The van der Waals surface area contributed by atoms with Crippen LogP contribution in [0.15, 0.2) is 24.3 Å². The highest BCUT2D eigenvalue weighted by atomic mass is 16.3. The number of nitrogens with one attached hydrogen (secondary N) is 1. The number of benzene rings is 1. The topological polar surface area (TPSA) is 32.3 Å². The molecule has 19 heavy (non-hydrogen) atoms. The van der Waals surface area contributed by atoms with E-state index in [-0.39, 0.29) is 6.04 Å². The Morgan fingerprint density at radius 2 is 2.00 bits per heavy atom. The summed E-state index contributed by atoms with van der Waals surface area (Å²) in [5.41, 5.74) is 2.20. The maximum atomic E-state index is 11.1. The molecule has 104 valence electrons. The van der Waals surface area contributed by atoms with E-state index in [4.69, 9.17) is 0 Å². The first-order valence-corrected chi connectivity index (χ1v) is 7.76. The zero-order valence-electron chi connectivity index (χ0n) is 11.9. The average molecular weight is 259 g/mol. The van der Waals surface area contributed by atoms with Crippen LogP contribution in [-0.4, -0.2) is 17.3 Å². The molecule has 2 aliphatic rings. The molecule has 1 heterocycles. The first-order chi connectivity index (χ1) is 9.23. The largest absolute Gasteiger partial charge is 0.388 e. The minimum atomic E-state index is -0.539. The molecule has 2 nitrogen and oxygen atoms in total. The van der Waals surface area contributed by atoms with Crippen molar-refractivity contribution in [1.82, 2.24) is 5.32 Å². The standard InChI is InChI=1S/C17H25NO/c1-2-13-7-10-17(19,11-8-13)16-15-6-4-3-5-14(15)9-12-18-16/h3-6,13,16,18-19H,2,7-12H2,1H3. The first kappa shape index (κ1) is 13.1. The van der Waals surface area contributed by atoms with Crippen LogP contribution in [0, 0.1) is 5.92 Å². The normalized spacial score (nSPS) is 34.8. The average Bonchev–Trinajstić information content (AvgIpc) is 2.47. The van der Waals surface area contributed by atoms with Crippen LogP contribution in [0.25, 0.3) is 0 Å². The van der Waals surface area contributed by atoms with Gasteiger partial charge in [0.1, 0.15) is 0 Å². The lowest BCUT2D eigenvalue weighted by Gasteiger charge is -2.44. The van der Waals surface area contributed by atoms with Crippen LogP contribution in [-0.2, 0) is 6.42 Å². The lowest BCUT2D eigenvalue weighted by Crippen LogP contribution is -2.49. The molecule has 0 aromatic heterocycles. The molecule has 0 saturated heterocycles. The summed E-state index contributed by atoms with van der Waals surface area (Å²) in [5, 5.41) is 14.7. The molecular weight excluding hydrogens is 234 g/mol. The molecule has 1 atom stereocenters. The van der Waals surface area contributed by atoms with E-state index in [1.54, 1.807) is 0 Å². The maximum Gasteiger partial charge on any atom is 0.0841 e. The van der Waals surface area contributed by atoms with Gasteiger partial charge in [-0.3, -0.25) is 0 Å². The Morgan fingerprint density at radius 1 is 1.26 bits per heavy atom. The summed E-state index contributed by atoms with van der Waals surface area (Å²) >= 11 is 0. The van der Waals surface area contributed by atoms with Crippen LogP contribution in [0.5, 0.6) is 0 Å². The summed E-state index contributed by atoms with van der Waals surface area (Å²) in [5.74, 6) is 0.819. The molecule has 0 radical (unpaired) electrons. The van der Waals surface area contributed by atoms with Crippen molar-refractivity contribution < 1.29 is 5.11 Å². The van der Waals surface area contributed by atoms with Gasteiger partial charge < -0.3 is 10.4 Å². The second-order valence-corrected chi connectivity index (χ2v) is 6.29. The van der Waals surface area contributed by atoms with Crippen LogP contribution in [0.4, 0.5) is 0 Å². The van der Waals surface area contributed by atoms with Crippen molar-refractivity contribution in [1.29, 1.82) is 0 Å². The van der Waals surface area contributed by atoms with E-state index in [0.717, 1.165) is 31.7 Å². The maximum absolute atomic E-state index is 11.1. The summed E-state index contributed by atoms with van der Waals surface area (Å²) in [6, 6.07) is 8.74. The highest BCUT2D eigenvalue weighted by molar-refractivity contribution is 5.34. The lowest BCUT2D eigenvalue weighted by atomic mass is 9.71. The van der Waals surface area contributed by atoms with Crippen LogP contribution in [0.1, 0.15) is 56.2 Å². The monoisotopic (exact) mass is 259 g/mol. The molecule has 1 saturated carbocycles. The molecular formula is C17H25NO. The fraction of sp³-hybridized carbons (Fsp3) is 0.647. The minimum absolute atomic E-state index is 0.134. The quantitative estimate of drug-likeness (QED) is 0.855. The fourth-order valence-corrected chi connectivity index (χ4v) is 3.86. The Kier molecular flexibility index (Phi) is 3.64. The van der Waals surface area contributed by atoms with Gasteiger partial charge in [0.05, 0.1) is 11.6 Å². The molecule has 0 bridgehead atoms. The minimum Gasteiger partial charge on any atom is -0.388 e. The molecule has 2 N–H and O–H groups in total. The van der Waals surface area contributed by atoms with Gasteiger partial charge in [-0.25, -0.2) is 0 Å². The predicted octanol–water partition coefficient (Wildman–Crippen LogP) is 3.20. The molecule has 0 amide bonds. The van der Waals surface area contributed by atoms with Crippen molar-refractivity contribution in [2.24, 2.45) is 5.92 Å². The Labute approximate surface area is 116 Å². The summed E-state index contributed by atoms with van der Waals surface area (Å²) in [7, 11) is 0. The second kappa shape index (κ2) is 5.26. The van der Waals surface area contributed by atoms with E-state index < -0.39 is 5.60 Å². The van der Waals surface area contributed by atoms with Gasteiger partial charge in [0, 0.05) is 0 Å². The summed E-state index contributed by atoms with van der Waals surface area (Å²) in [6.45, 7) is 3.25. The Balaban J connectivity index is 1.83. The zero-order valence-corrected chi connectivity index (χ0v) is 11.9. The third-order valence-electron chi connectivity index (χ3n) is 5.19. The summed E-state index contributed by atoms with van der Waals surface area (Å²) < 4.78 is 0. The number of aliphatic hydroxyl groups is 1. The van der Waals surface area contributed by atoms with Crippen LogP contribution in [0.3, 0.4) is 0 Å². The SMILES string of the molecule is CCC1CCC(O)(C2NCCc3ccccc32)CC1. The van der Waals surface area contributed by atoms with Gasteiger partial charge in [-0.15, -0.1) is 0 Å². The van der Waals surface area contributed by atoms with Crippen LogP contribution >= 0.6 is 0 Å². The van der Waals surface area contributed by atoms with Crippen LogP contribution in [0.2, 0.25) is 0 Å². The van der Waals surface area contributed by atoms with Crippen molar-refractivity contribution in [2.75, 3.05) is 6.54 Å². The Bertz CT molecular complexity index is 435. The molecule has 3 rings (SSSR count). The number of fused-ring (bicyclic) bond motifs is 1. The molecule has 1 fully saturated rings. The van der Waals surface area contributed by atoms with Crippen molar-refractivity contribution in [3.8, 4) is 0 Å². The third-order valence-corrected chi connectivity index (χ3v) is 5.19. The summed E-state index contributed by atoms with van der Waals surface area (Å²) in [4.78, 5) is 0. The smallest absolute Gasteiger partial charge is 0.0841 e. The Morgan fingerprint density at radius 3 is 2.74 bits per heavy atom. The summed E-state index contributed by atoms with van der Waals surface area (Å²) in [6.07, 6.45) is 6.57. The van der Waals surface area contributed by atoms with Gasteiger partial charge in [-0.1, -0.05) is 37.6 Å². The van der Waals surface area contributed by atoms with E-state index in [9.17, 15) is 5.11 Å². The Hall–Kier alpha value is -0.860. The second-order valence-electron chi connectivity index (χ2n) is 6.29. The highest BCUT2D eigenvalue weighted by Crippen LogP contribution is 2.43. The van der Waals surface area contributed by atoms with Crippen molar-refractivity contribution >= 4 is 0 Å². The predicted molar refractivity (Wildman–Crippen MR) is 78.1 cm³/mol. The van der Waals surface area contributed by atoms with Gasteiger partial charge in [-0.05, 0) is 55.7 Å². The third kappa shape index (κ3) is 2.44. The van der Waals surface area contributed by atoms with Gasteiger partial charge in [0.15, 0.2) is 0 Å². The van der Waals surface area contributed by atoms with Crippen molar-refractivity contribution in [3.05, 3.63) is 35.4 Å². The highest BCUT2D eigenvalue weighted by Gasteiger charge is 2.42. The van der Waals surface area contributed by atoms with E-state index in [0.29, 0.717) is 0 Å².